The van der Waals surface area contributed by atoms with Crippen LogP contribution in [-0.4, -0.2) is 55.8 Å². The number of rotatable bonds is 5. The zero-order valence-corrected chi connectivity index (χ0v) is 18.4. The summed E-state index contributed by atoms with van der Waals surface area (Å²) in [5.41, 5.74) is 5.30. The average Bonchev–Trinajstić information content (AvgIpc) is 3.25. The molecule has 1 aromatic carbocycles. The summed E-state index contributed by atoms with van der Waals surface area (Å²) < 4.78 is 1.78. The summed E-state index contributed by atoms with van der Waals surface area (Å²) >= 11 is 0. The summed E-state index contributed by atoms with van der Waals surface area (Å²) in [7, 11) is 4.05. The largest absolute Gasteiger partial charge is 0.306 e. The number of carbonyl (C=O) groups excluding carboxylic acids is 1. The predicted molar refractivity (Wildman–Crippen MR) is 123 cm³/mol. The van der Waals surface area contributed by atoms with Crippen LogP contribution >= 0.6 is 0 Å². The molecule has 0 unspecified atom stereocenters. The second-order valence-electron chi connectivity index (χ2n) is 8.66. The highest BCUT2D eigenvalue weighted by molar-refractivity contribution is 5.97. The Kier molecular flexibility index (Phi) is 5.49. The first-order valence-electron chi connectivity index (χ1n) is 11.0. The fraction of sp³-hybridized carbons (Fsp3) is 0.320. The Morgan fingerprint density at radius 1 is 1.03 bits per heavy atom. The zero-order chi connectivity index (χ0) is 22.1. The molecule has 7 nitrogen and oxygen atoms in total. The van der Waals surface area contributed by atoms with Gasteiger partial charge in [0.25, 0.3) is 0 Å². The zero-order valence-electron chi connectivity index (χ0n) is 18.4. The van der Waals surface area contributed by atoms with Gasteiger partial charge in [0, 0.05) is 47.6 Å². The lowest BCUT2D eigenvalue weighted by atomic mass is 9.92. The monoisotopic (exact) mass is 426 g/mol. The van der Waals surface area contributed by atoms with Crippen LogP contribution in [-0.2, 0) is 13.5 Å². The molecule has 1 aliphatic heterocycles. The van der Waals surface area contributed by atoms with E-state index in [-0.39, 0.29) is 12.2 Å². The lowest BCUT2D eigenvalue weighted by molar-refractivity contribution is 0.0991. The summed E-state index contributed by atoms with van der Waals surface area (Å²) in [5.74, 6) is 0.462. The van der Waals surface area contributed by atoms with Gasteiger partial charge in [0.15, 0.2) is 5.78 Å². The fourth-order valence-corrected chi connectivity index (χ4v) is 4.34. The molecule has 32 heavy (non-hydrogen) atoms. The molecule has 4 heterocycles. The number of carbonyl (C=O) groups is 1. The van der Waals surface area contributed by atoms with Crippen molar-refractivity contribution in [3.05, 3.63) is 71.9 Å². The Morgan fingerprint density at radius 3 is 2.66 bits per heavy atom. The van der Waals surface area contributed by atoms with Crippen molar-refractivity contribution < 1.29 is 4.79 Å². The van der Waals surface area contributed by atoms with Crippen LogP contribution in [0.2, 0.25) is 0 Å². The molecule has 3 aromatic heterocycles. The SMILES string of the molecule is CN1CCC(c2cc(C(=O)Cc3cc4cc(-c5cnn(C)c5)ccc4nn3)ccn2)CC1. The second-order valence-corrected chi connectivity index (χ2v) is 8.66. The first kappa shape index (κ1) is 20.5. The van der Waals surface area contributed by atoms with E-state index in [1.165, 1.54) is 0 Å². The number of piperidine rings is 1. The van der Waals surface area contributed by atoms with Crippen LogP contribution in [0.4, 0.5) is 0 Å². The van der Waals surface area contributed by atoms with Gasteiger partial charge >= 0.3 is 0 Å². The highest BCUT2D eigenvalue weighted by Gasteiger charge is 2.20. The molecular weight excluding hydrogens is 400 g/mol. The Hall–Kier alpha value is -3.45. The minimum absolute atomic E-state index is 0.0404. The predicted octanol–water partition coefficient (Wildman–Crippen LogP) is 3.66. The Morgan fingerprint density at radius 2 is 1.88 bits per heavy atom. The van der Waals surface area contributed by atoms with Crippen molar-refractivity contribution in [3.63, 3.8) is 0 Å². The molecular formula is C25H26N6O. The smallest absolute Gasteiger partial charge is 0.169 e. The molecule has 0 N–H and O–H groups in total. The van der Waals surface area contributed by atoms with Gasteiger partial charge in [-0.15, -0.1) is 0 Å². The number of hydrogen-bond donors (Lipinski definition) is 0. The molecule has 0 saturated carbocycles. The molecule has 162 valence electrons. The molecule has 0 radical (unpaired) electrons. The van der Waals surface area contributed by atoms with Gasteiger partial charge in [0.1, 0.15) is 0 Å². The van der Waals surface area contributed by atoms with Crippen LogP contribution < -0.4 is 0 Å². The van der Waals surface area contributed by atoms with E-state index in [9.17, 15) is 4.79 Å². The maximum Gasteiger partial charge on any atom is 0.169 e. The summed E-state index contributed by atoms with van der Waals surface area (Å²) in [6.45, 7) is 2.14. The van der Waals surface area contributed by atoms with Gasteiger partial charge in [-0.2, -0.15) is 15.3 Å². The first-order chi connectivity index (χ1) is 15.5. The van der Waals surface area contributed by atoms with E-state index >= 15 is 0 Å². The normalized spacial score (nSPS) is 15.3. The number of nitrogens with zero attached hydrogens (tertiary/aromatic N) is 6. The Balaban J connectivity index is 1.36. The average molecular weight is 427 g/mol. The van der Waals surface area contributed by atoms with Crippen molar-refractivity contribution >= 4 is 16.7 Å². The van der Waals surface area contributed by atoms with Crippen LogP contribution in [0.15, 0.2) is 55.0 Å². The molecule has 0 amide bonds. The number of benzene rings is 1. The van der Waals surface area contributed by atoms with Crippen LogP contribution in [0, 0.1) is 0 Å². The number of aryl methyl sites for hydroxylation is 1. The minimum Gasteiger partial charge on any atom is -0.306 e. The topological polar surface area (TPSA) is 76.8 Å². The number of aromatic nitrogens is 5. The molecule has 5 rings (SSSR count). The highest BCUT2D eigenvalue weighted by atomic mass is 16.1. The van der Waals surface area contributed by atoms with E-state index in [1.54, 1.807) is 16.9 Å². The highest BCUT2D eigenvalue weighted by Crippen LogP contribution is 2.27. The van der Waals surface area contributed by atoms with Crippen molar-refractivity contribution in [2.24, 2.45) is 7.05 Å². The number of likely N-dealkylation sites (tertiary alicyclic amines) is 1. The van der Waals surface area contributed by atoms with Gasteiger partial charge in [0.05, 0.1) is 23.8 Å². The molecule has 0 aliphatic carbocycles. The summed E-state index contributed by atoms with van der Waals surface area (Å²) in [6.07, 6.45) is 7.95. The third-order valence-electron chi connectivity index (χ3n) is 6.26. The summed E-state index contributed by atoms with van der Waals surface area (Å²) in [4.78, 5) is 19.9. The number of ketones is 1. The molecule has 4 aromatic rings. The quantitative estimate of drug-likeness (QED) is 0.453. The molecule has 0 spiro atoms. The van der Waals surface area contributed by atoms with Gasteiger partial charge in [0.2, 0.25) is 0 Å². The Labute approximate surface area is 187 Å². The maximum atomic E-state index is 13.0. The number of fused-ring (bicyclic) bond motifs is 1. The van der Waals surface area contributed by atoms with Crippen LogP contribution in [0.1, 0.15) is 40.5 Å². The minimum atomic E-state index is 0.0404. The van der Waals surface area contributed by atoms with Gasteiger partial charge in [-0.3, -0.25) is 14.5 Å². The van der Waals surface area contributed by atoms with Crippen molar-refractivity contribution in [1.29, 1.82) is 0 Å². The molecule has 1 aliphatic rings. The van der Waals surface area contributed by atoms with Crippen molar-refractivity contribution in [2.75, 3.05) is 20.1 Å². The lowest BCUT2D eigenvalue weighted by Crippen LogP contribution is -2.29. The standard InChI is InChI=1S/C25H26N6O/c1-30-9-6-17(7-10-30)24-13-19(5-8-26-24)25(32)14-22-12-20-11-18(3-4-23(20)29-28-22)21-15-27-31(2)16-21/h3-5,8,11-13,15-17H,6-7,9-10,14H2,1-2H3. The van der Waals surface area contributed by atoms with E-state index in [0.717, 1.165) is 53.7 Å². The van der Waals surface area contributed by atoms with Gasteiger partial charge < -0.3 is 4.90 Å². The van der Waals surface area contributed by atoms with E-state index in [1.807, 2.05) is 43.7 Å². The van der Waals surface area contributed by atoms with Crippen LogP contribution in [0.3, 0.4) is 0 Å². The van der Waals surface area contributed by atoms with Crippen LogP contribution in [0.5, 0.6) is 0 Å². The van der Waals surface area contributed by atoms with E-state index in [0.29, 0.717) is 17.2 Å². The van der Waals surface area contributed by atoms with Gasteiger partial charge in [-0.1, -0.05) is 6.07 Å². The van der Waals surface area contributed by atoms with Crippen molar-refractivity contribution in [2.45, 2.75) is 25.2 Å². The maximum absolute atomic E-state index is 13.0. The first-order valence-corrected chi connectivity index (χ1v) is 11.0. The van der Waals surface area contributed by atoms with Crippen molar-refractivity contribution in [1.82, 2.24) is 29.9 Å². The van der Waals surface area contributed by atoms with Gasteiger partial charge in [-0.25, -0.2) is 0 Å². The van der Waals surface area contributed by atoms with E-state index in [4.69, 9.17) is 0 Å². The third kappa shape index (κ3) is 4.29. The summed E-state index contributed by atoms with van der Waals surface area (Å²) in [5, 5.41) is 13.8. The molecule has 0 atom stereocenters. The van der Waals surface area contributed by atoms with Gasteiger partial charge in [-0.05, 0) is 68.9 Å². The number of pyridine rings is 1. The number of Topliss-reactive ketones (excluding diaryl/α,β-unsaturated/α-hetero) is 1. The number of hydrogen-bond acceptors (Lipinski definition) is 6. The second kappa shape index (κ2) is 8.59. The molecule has 1 saturated heterocycles. The van der Waals surface area contributed by atoms with Crippen LogP contribution in [0.25, 0.3) is 22.0 Å². The van der Waals surface area contributed by atoms with E-state index in [2.05, 4.69) is 38.3 Å². The van der Waals surface area contributed by atoms with Crippen molar-refractivity contribution in [3.8, 4) is 11.1 Å². The van der Waals surface area contributed by atoms with E-state index < -0.39 is 0 Å². The molecule has 7 heteroatoms. The fourth-order valence-electron chi connectivity index (χ4n) is 4.34. The Bertz CT molecular complexity index is 1270. The molecule has 1 fully saturated rings. The molecule has 0 bridgehead atoms. The summed E-state index contributed by atoms with van der Waals surface area (Å²) in [6, 6.07) is 11.8. The lowest BCUT2D eigenvalue weighted by Gasteiger charge is -2.28. The third-order valence-corrected chi connectivity index (χ3v) is 6.26.